The summed E-state index contributed by atoms with van der Waals surface area (Å²) in [6, 6.07) is 6.34. The average Bonchev–Trinajstić information content (AvgIpc) is 2.32. The van der Waals surface area contributed by atoms with Crippen LogP contribution in [-0.2, 0) is 6.54 Å². The number of aliphatic hydroxyl groups excluding tert-OH is 1. The van der Waals surface area contributed by atoms with Crippen molar-refractivity contribution in [2.24, 2.45) is 0 Å². The molecule has 1 saturated heterocycles. The molecular formula is C14H21NO2. The van der Waals surface area contributed by atoms with Crippen LogP contribution in [0.5, 0.6) is 5.75 Å². The summed E-state index contributed by atoms with van der Waals surface area (Å²) in [6.45, 7) is 5.03. The monoisotopic (exact) mass is 235 g/mol. The summed E-state index contributed by atoms with van der Waals surface area (Å²) in [7, 11) is 1.70. The number of hydrogen-bond acceptors (Lipinski definition) is 3. The molecule has 1 aliphatic heterocycles. The van der Waals surface area contributed by atoms with Gasteiger partial charge in [-0.25, -0.2) is 0 Å². The molecule has 1 aromatic rings. The molecule has 2 rings (SSSR count). The maximum Gasteiger partial charge on any atom is 0.121 e. The highest BCUT2D eigenvalue weighted by molar-refractivity contribution is 5.36. The van der Waals surface area contributed by atoms with E-state index in [9.17, 15) is 5.11 Å². The summed E-state index contributed by atoms with van der Waals surface area (Å²) in [5.74, 6) is 0.947. The largest absolute Gasteiger partial charge is 0.496 e. The summed E-state index contributed by atoms with van der Waals surface area (Å²) < 4.78 is 5.26. The summed E-state index contributed by atoms with van der Waals surface area (Å²) >= 11 is 0. The predicted molar refractivity (Wildman–Crippen MR) is 68.2 cm³/mol. The van der Waals surface area contributed by atoms with Gasteiger partial charge in [-0.1, -0.05) is 12.1 Å². The predicted octanol–water partition coefficient (Wildman–Crippen LogP) is 1.96. The molecule has 0 saturated carbocycles. The van der Waals surface area contributed by atoms with Crippen LogP contribution in [0.2, 0.25) is 0 Å². The Balaban J connectivity index is 1.97. The first-order valence-electron chi connectivity index (χ1n) is 6.23. The minimum atomic E-state index is -0.0937. The second-order valence-corrected chi connectivity index (χ2v) is 4.81. The fourth-order valence-corrected chi connectivity index (χ4v) is 2.37. The molecule has 3 heteroatoms. The Kier molecular flexibility index (Phi) is 4.02. The zero-order valence-electron chi connectivity index (χ0n) is 10.6. The Hall–Kier alpha value is -1.06. The van der Waals surface area contributed by atoms with Gasteiger partial charge in [0.15, 0.2) is 0 Å². The van der Waals surface area contributed by atoms with Gasteiger partial charge in [-0.15, -0.1) is 0 Å². The fraction of sp³-hybridized carbons (Fsp3) is 0.571. The molecule has 17 heavy (non-hydrogen) atoms. The molecule has 1 heterocycles. The van der Waals surface area contributed by atoms with E-state index in [2.05, 4.69) is 24.0 Å². The molecule has 1 N–H and O–H groups in total. The lowest BCUT2D eigenvalue weighted by molar-refractivity contribution is 0.0792. The van der Waals surface area contributed by atoms with Gasteiger partial charge in [0, 0.05) is 19.6 Å². The third-order valence-electron chi connectivity index (χ3n) is 3.42. The lowest BCUT2D eigenvalue weighted by Gasteiger charge is -2.29. The van der Waals surface area contributed by atoms with Gasteiger partial charge in [0.25, 0.3) is 0 Å². The van der Waals surface area contributed by atoms with E-state index in [1.807, 2.05) is 6.07 Å². The van der Waals surface area contributed by atoms with Gasteiger partial charge in [-0.2, -0.15) is 0 Å². The van der Waals surface area contributed by atoms with Gasteiger partial charge in [0.2, 0.25) is 0 Å². The number of ether oxygens (including phenoxy) is 1. The number of benzene rings is 1. The van der Waals surface area contributed by atoms with E-state index in [-0.39, 0.29) is 6.10 Å². The minimum absolute atomic E-state index is 0.0937. The van der Waals surface area contributed by atoms with E-state index < -0.39 is 0 Å². The molecule has 0 radical (unpaired) electrons. The van der Waals surface area contributed by atoms with Crippen LogP contribution in [0.1, 0.15) is 24.0 Å². The minimum Gasteiger partial charge on any atom is -0.496 e. The third-order valence-corrected chi connectivity index (χ3v) is 3.42. The molecule has 0 bridgehead atoms. The Morgan fingerprint density at radius 3 is 2.65 bits per heavy atom. The third kappa shape index (κ3) is 3.20. The quantitative estimate of drug-likeness (QED) is 0.869. The number of likely N-dealkylation sites (tertiary alicyclic amines) is 1. The Morgan fingerprint density at radius 2 is 2.06 bits per heavy atom. The summed E-state index contributed by atoms with van der Waals surface area (Å²) in [5.41, 5.74) is 2.50. The Morgan fingerprint density at radius 1 is 1.35 bits per heavy atom. The number of methoxy groups -OCH3 is 1. The summed E-state index contributed by atoms with van der Waals surface area (Å²) in [6.07, 6.45) is 1.70. The molecule has 0 atom stereocenters. The van der Waals surface area contributed by atoms with Crippen molar-refractivity contribution in [3.05, 3.63) is 29.3 Å². The van der Waals surface area contributed by atoms with Crippen LogP contribution in [0, 0.1) is 6.92 Å². The van der Waals surface area contributed by atoms with E-state index in [1.54, 1.807) is 7.11 Å². The SMILES string of the molecule is COc1ccc(CN2CCC(O)CC2)cc1C. The number of piperidine rings is 1. The van der Waals surface area contributed by atoms with Crippen LogP contribution < -0.4 is 4.74 Å². The standard InChI is InChI=1S/C14H21NO2/c1-11-9-12(3-4-14(11)17-2)10-15-7-5-13(16)6-8-15/h3-4,9,13,16H,5-8,10H2,1-2H3. The second kappa shape index (κ2) is 5.52. The molecule has 1 aliphatic rings. The molecule has 0 unspecified atom stereocenters. The highest BCUT2D eigenvalue weighted by Gasteiger charge is 2.16. The van der Waals surface area contributed by atoms with Crippen LogP contribution in [-0.4, -0.2) is 36.3 Å². The van der Waals surface area contributed by atoms with Crippen LogP contribution in [0.15, 0.2) is 18.2 Å². The molecule has 0 spiro atoms. The van der Waals surface area contributed by atoms with Gasteiger partial charge in [-0.3, -0.25) is 4.90 Å². The summed E-state index contributed by atoms with van der Waals surface area (Å²) in [5, 5.41) is 9.46. The van der Waals surface area contributed by atoms with Crippen molar-refractivity contribution in [3.63, 3.8) is 0 Å². The van der Waals surface area contributed by atoms with Crippen LogP contribution in [0.3, 0.4) is 0 Å². The Bertz CT molecular complexity index is 370. The molecule has 94 valence electrons. The molecule has 3 nitrogen and oxygen atoms in total. The van der Waals surface area contributed by atoms with Gasteiger partial charge < -0.3 is 9.84 Å². The highest BCUT2D eigenvalue weighted by atomic mass is 16.5. The van der Waals surface area contributed by atoms with E-state index >= 15 is 0 Å². The van der Waals surface area contributed by atoms with Crippen molar-refractivity contribution < 1.29 is 9.84 Å². The maximum atomic E-state index is 9.46. The molecular weight excluding hydrogens is 214 g/mol. The topological polar surface area (TPSA) is 32.7 Å². The first-order chi connectivity index (χ1) is 8.19. The lowest BCUT2D eigenvalue weighted by Crippen LogP contribution is -2.35. The zero-order valence-corrected chi connectivity index (χ0v) is 10.6. The molecule has 1 aromatic carbocycles. The normalized spacial score (nSPS) is 18.3. The van der Waals surface area contributed by atoms with E-state index in [0.717, 1.165) is 38.2 Å². The van der Waals surface area contributed by atoms with Crippen LogP contribution >= 0.6 is 0 Å². The fourth-order valence-electron chi connectivity index (χ4n) is 2.37. The van der Waals surface area contributed by atoms with Crippen LogP contribution in [0.4, 0.5) is 0 Å². The van der Waals surface area contributed by atoms with E-state index in [4.69, 9.17) is 4.74 Å². The number of aliphatic hydroxyl groups is 1. The van der Waals surface area contributed by atoms with Crippen molar-refractivity contribution in [2.75, 3.05) is 20.2 Å². The van der Waals surface area contributed by atoms with Gasteiger partial charge in [-0.05, 0) is 37.0 Å². The number of rotatable bonds is 3. The number of hydrogen-bond donors (Lipinski definition) is 1. The van der Waals surface area contributed by atoms with Gasteiger partial charge in [0.05, 0.1) is 13.2 Å². The molecule has 0 aliphatic carbocycles. The first-order valence-corrected chi connectivity index (χ1v) is 6.23. The van der Waals surface area contributed by atoms with Crippen LogP contribution in [0.25, 0.3) is 0 Å². The molecule has 1 fully saturated rings. The van der Waals surface area contributed by atoms with Gasteiger partial charge in [0.1, 0.15) is 5.75 Å². The highest BCUT2D eigenvalue weighted by Crippen LogP contribution is 2.20. The molecule has 0 aromatic heterocycles. The average molecular weight is 235 g/mol. The zero-order chi connectivity index (χ0) is 12.3. The lowest BCUT2D eigenvalue weighted by atomic mass is 10.1. The van der Waals surface area contributed by atoms with E-state index in [1.165, 1.54) is 11.1 Å². The number of aryl methyl sites for hydroxylation is 1. The second-order valence-electron chi connectivity index (χ2n) is 4.81. The summed E-state index contributed by atoms with van der Waals surface area (Å²) in [4.78, 5) is 2.40. The number of nitrogens with zero attached hydrogens (tertiary/aromatic N) is 1. The van der Waals surface area contributed by atoms with Crippen molar-refractivity contribution in [1.82, 2.24) is 4.90 Å². The molecule has 0 amide bonds. The van der Waals surface area contributed by atoms with Crippen molar-refractivity contribution >= 4 is 0 Å². The van der Waals surface area contributed by atoms with Crippen molar-refractivity contribution in [3.8, 4) is 5.75 Å². The smallest absolute Gasteiger partial charge is 0.121 e. The Labute approximate surface area is 103 Å². The van der Waals surface area contributed by atoms with Crippen molar-refractivity contribution in [1.29, 1.82) is 0 Å². The van der Waals surface area contributed by atoms with Gasteiger partial charge >= 0.3 is 0 Å². The van der Waals surface area contributed by atoms with E-state index in [0.29, 0.717) is 0 Å². The first kappa shape index (κ1) is 12.4. The maximum absolute atomic E-state index is 9.46. The van der Waals surface area contributed by atoms with Crippen molar-refractivity contribution in [2.45, 2.75) is 32.4 Å².